The van der Waals surface area contributed by atoms with Crippen molar-refractivity contribution in [3.8, 4) is 11.1 Å². The highest BCUT2D eigenvalue weighted by molar-refractivity contribution is 6.01. The first-order chi connectivity index (χ1) is 32.7. The Balaban J connectivity index is 0.00000191. The summed E-state index contributed by atoms with van der Waals surface area (Å²) in [4.78, 5) is 5.22. The van der Waals surface area contributed by atoms with Crippen LogP contribution < -0.4 is 10.4 Å². The summed E-state index contributed by atoms with van der Waals surface area (Å²) in [5.74, 6) is 0. The fourth-order valence-corrected chi connectivity index (χ4v) is 7.25. The van der Waals surface area contributed by atoms with E-state index in [0.29, 0.717) is 0 Å². The summed E-state index contributed by atoms with van der Waals surface area (Å²) in [6.45, 7) is 39.2. The molecular weight excluding hydrogens is 807 g/mol. The molecule has 0 N–H and O–H groups in total. The molecule has 0 fully saturated rings. The minimum Gasteiger partial charge on any atom is -0.252 e. The first-order valence-electron chi connectivity index (χ1n) is 23.3. The Morgan fingerprint density at radius 2 is 1.25 bits per heavy atom. The third kappa shape index (κ3) is 15.5. The van der Waals surface area contributed by atoms with Crippen molar-refractivity contribution in [3.05, 3.63) is 282 Å². The molecule has 6 rings (SSSR count). The van der Waals surface area contributed by atoms with Crippen LogP contribution >= 0.6 is 0 Å². The molecule has 6 aromatic rings. The molecule has 0 aliphatic carbocycles. The number of hydrogen-bond acceptors (Lipinski definition) is 1. The molecule has 0 heterocycles. The second kappa shape index (κ2) is 29.0. The standard InChI is InChI=1S/C60H55N.2C2H6.C2H4/c1-9-13-25-50(12-4)56-33-31-43(5)54(41-56)32-30-44(6)57-39-48(24-19-22-47-23-20-28-55(38-47)49(10-2)11-3)40-58(42-57)52-34-36-53(37-35-52)60(59-29-18-17-21-45(59)7)61-46(8)51-26-15-14-16-27-51;3*1-2/h9-23,25-42H,2,4,6-7,24H2,1,3,5,8H3;2*1-2H3;1-2H2/b13-9-,22-19-,32-30-,49-11+,50-25+,60-59-,61-46?;;;. The Kier molecular flexibility index (Phi) is 23.3. The van der Waals surface area contributed by atoms with E-state index in [9.17, 15) is 0 Å². The molecule has 1 heteroatoms. The number of allylic oxidation sites excluding steroid dienone is 11. The van der Waals surface area contributed by atoms with Crippen LogP contribution in [0.2, 0.25) is 0 Å². The van der Waals surface area contributed by atoms with Crippen molar-refractivity contribution in [3.63, 3.8) is 0 Å². The number of nitrogens with zero attached hydrogens (tertiary/aromatic N) is 1. The lowest BCUT2D eigenvalue weighted by Crippen LogP contribution is -2.25. The van der Waals surface area contributed by atoms with E-state index in [1.807, 2.05) is 102 Å². The van der Waals surface area contributed by atoms with Crippen LogP contribution in [-0.4, -0.2) is 5.71 Å². The van der Waals surface area contributed by atoms with Gasteiger partial charge in [0.25, 0.3) is 0 Å². The van der Waals surface area contributed by atoms with Crippen molar-refractivity contribution in [2.75, 3.05) is 0 Å². The quantitative estimate of drug-likeness (QED) is 0.0554. The van der Waals surface area contributed by atoms with Crippen LogP contribution in [0.1, 0.15) is 98.5 Å². The maximum atomic E-state index is 5.22. The number of aliphatic imine (C=N–C) groups is 1. The van der Waals surface area contributed by atoms with Crippen molar-refractivity contribution in [1.29, 1.82) is 0 Å². The number of hydrogen-bond donors (Lipinski definition) is 0. The second-order valence-electron chi connectivity index (χ2n) is 15.0. The Morgan fingerprint density at radius 3 is 1.91 bits per heavy atom. The zero-order chi connectivity index (χ0) is 49.1. The van der Waals surface area contributed by atoms with Gasteiger partial charge < -0.3 is 0 Å². The van der Waals surface area contributed by atoms with E-state index in [0.717, 1.165) is 95.1 Å². The van der Waals surface area contributed by atoms with Crippen molar-refractivity contribution in [2.45, 2.75) is 61.8 Å². The van der Waals surface area contributed by atoms with Gasteiger partial charge in [0.15, 0.2) is 0 Å². The number of rotatable bonds is 15. The molecule has 0 aromatic heterocycles. The second-order valence-corrected chi connectivity index (χ2v) is 15.0. The molecule has 0 saturated carbocycles. The maximum absolute atomic E-state index is 5.22. The highest BCUT2D eigenvalue weighted by Crippen LogP contribution is 2.30. The zero-order valence-electron chi connectivity index (χ0n) is 41.4. The van der Waals surface area contributed by atoms with E-state index in [2.05, 4.69) is 193 Å². The van der Waals surface area contributed by atoms with Crippen LogP contribution in [-0.2, 0) is 6.42 Å². The van der Waals surface area contributed by atoms with Gasteiger partial charge in [-0.3, -0.25) is 4.99 Å². The molecule has 1 nitrogen and oxygen atoms in total. The van der Waals surface area contributed by atoms with E-state index in [1.54, 1.807) is 0 Å². The van der Waals surface area contributed by atoms with Crippen LogP contribution in [0.5, 0.6) is 0 Å². The first-order valence-corrected chi connectivity index (χ1v) is 23.3. The molecule has 0 aliphatic heterocycles. The molecule has 0 bridgehead atoms. The van der Waals surface area contributed by atoms with E-state index >= 15 is 0 Å². The van der Waals surface area contributed by atoms with Gasteiger partial charge in [0.2, 0.25) is 0 Å². The average Bonchev–Trinajstić information content (AvgIpc) is 3.38. The summed E-state index contributed by atoms with van der Waals surface area (Å²) in [5, 5.41) is 1.95. The lowest BCUT2D eigenvalue weighted by atomic mass is 9.93. The lowest BCUT2D eigenvalue weighted by molar-refractivity contribution is 1.27. The SMILES string of the molecule is C=C.C=C/C(=C\C)c1cccc(/C=C\Cc2cc(C(=C)/C=C\c3cc(/C(C=C)=C/C=C\C)ccc3C)cc(-c3ccc(/C(N=C(C)c4ccccc4)=c4\ccccc4=C)cc3)c2)c1.CC.CC. The predicted octanol–water partition coefficient (Wildman–Crippen LogP) is 17.3. The van der Waals surface area contributed by atoms with Crippen molar-refractivity contribution < 1.29 is 0 Å². The van der Waals surface area contributed by atoms with E-state index < -0.39 is 0 Å². The Bertz CT molecular complexity index is 2870. The van der Waals surface area contributed by atoms with Crippen LogP contribution in [0.25, 0.3) is 52.3 Å². The highest BCUT2D eigenvalue weighted by Gasteiger charge is 2.10. The van der Waals surface area contributed by atoms with Gasteiger partial charge in [-0.2, -0.15) is 0 Å². The van der Waals surface area contributed by atoms with Gasteiger partial charge in [-0.05, 0) is 130 Å². The molecule has 67 heavy (non-hydrogen) atoms. The minimum atomic E-state index is 0.758. The third-order valence-electron chi connectivity index (χ3n) is 10.8. The molecule has 0 aliphatic rings. The topological polar surface area (TPSA) is 12.4 Å². The van der Waals surface area contributed by atoms with Crippen LogP contribution in [0.4, 0.5) is 0 Å². The molecule has 0 amide bonds. The lowest BCUT2D eigenvalue weighted by Gasteiger charge is -2.12. The third-order valence-corrected chi connectivity index (χ3v) is 10.8. The Labute approximate surface area is 404 Å². The molecule has 0 spiro atoms. The van der Waals surface area contributed by atoms with Crippen molar-refractivity contribution in [2.24, 2.45) is 4.99 Å². The summed E-state index contributed by atoms with van der Waals surface area (Å²) in [6, 6.07) is 49.2. The predicted molar refractivity (Wildman–Crippen MR) is 303 cm³/mol. The maximum Gasteiger partial charge on any atom is 0.0783 e. The summed E-state index contributed by atoms with van der Waals surface area (Å²) in [7, 11) is 0. The Morgan fingerprint density at radius 1 is 0.612 bits per heavy atom. The van der Waals surface area contributed by atoms with E-state index in [1.165, 1.54) is 11.1 Å². The van der Waals surface area contributed by atoms with Crippen molar-refractivity contribution >= 4 is 46.9 Å². The Hall–Kier alpha value is -7.61. The van der Waals surface area contributed by atoms with Crippen molar-refractivity contribution in [1.82, 2.24) is 0 Å². The zero-order valence-corrected chi connectivity index (χ0v) is 41.4. The fraction of sp³-hybridized carbons (Fsp3) is 0.136. The first kappa shape index (κ1) is 53.7. The van der Waals surface area contributed by atoms with Gasteiger partial charge in [0.05, 0.1) is 5.70 Å². The fourth-order valence-electron chi connectivity index (χ4n) is 7.25. The summed E-state index contributed by atoms with van der Waals surface area (Å²) in [5.41, 5.74) is 17.4. The molecule has 340 valence electrons. The molecule has 0 saturated heterocycles. The monoisotopic (exact) mass is 878 g/mol. The minimum absolute atomic E-state index is 0.758. The molecule has 6 aromatic carbocycles. The summed E-state index contributed by atoms with van der Waals surface area (Å²) >= 11 is 0. The van der Waals surface area contributed by atoms with Gasteiger partial charge in [-0.25, -0.2) is 0 Å². The average molecular weight is 878 g/mol. The highest BCUT2D eigenvalue weighted by atomic mass is 14.8. The number of aryl methyl sites for hydroxylation is 1. The van der Waals surface area contributed by atoms with Gasteiger partial charge in [-0.1, -0.05) is 236 Å². The largest absolute Gasteiger partial charge is 0.252 e. The summed E-state index contributed by atoms with van der Waals surface area (Å²) < 4.78 is 0. The van der Waals surface area contributed by atoms with Crippen LogP contribution in [0.3, 0.4) is 0 Å². The van der Waals surface area contributed by atoms with Gasteiger partial charge >= 0.3 is 0 Å². The van der Waals surface area contributed by atoms with E-state index in [4.69, 9.17) is 4.99 Å². The van der Waals surface area contributed by atoms with Gasteiger partial charge in [0.1, 0.15) is 0 Å². The molecule has 0 atom stereocenters. The van der Waals surface area contributed by atoms with Gasteiger partial charge in [-0.15, -0.1) is 13.2 Å². The smallest absolute Gasteiger partial charge is 0.0783 e. The van der Waals surface area contributed by atoms with Gasteiger partial charge in [0, 0.05) is 16.5 Å². The molecule has 0 radical (unpaired) electrons. The van der Waals surface area contributed by atoms with E-state index in [-0.39, 0.29) is 0 Å². The summed E-state index contributed by atoms with van der Waals surface area (Å²) in [6.07, 6.45) is 21.6. The van der Waals surface area contributed by atoms with Crippen LogP contribution in [0.15, 0.2) is 226 Å². The molecule has 0 unspecified atom stereocenters. The van der Waals surface area contributed by atoms with Crippen LogP contribution in [0, 0.1) is 6.92 Å². The number of benzene rings is 6. The normalized spacial score (nSPS) is 12.0. The molecular formula is C66H71N.